The molecule has 0 aliphatic heterocycles. The van der Waals surface area contributed by atoms with Crippen LogP contribution >= 0.6 is 0 Å². The van der Waals surface area contributed by atoms with Crippen molar-refractivity contribution in [2.45, 2.75) is 12.8 Å². The van der Waals surface area contributed by atoms with Crippen LogP contribution in [0.5, 0.6) is 5.75 Å². The predicted molar refractivity (Wildman–Crippen MR) is 71.7 cm³/mol. The van der Waals surface area contributed by atoms with E-state index in [0.29, 0.717) is 16.3 Å². The van der Waals surface area contributed by atoms with Crippen molar-refractivity contribution in [3.63, 3.8) is 0 Å². The molecule has 20 heavy (non-hydrogen) atoms. The largest absolute Gasteiger partial charge is 0.494 e. The van der Waals surface area contributed by atoms with Crippen molar-refractivity contribution < 1.29 is 23.8 Å². The summed E-state index contributed by atoms with van der Waals surface area (Å²) < 4.78 is 18.9. The zero-order valence-electron chi connectivity index (χ0n) is 10.9. The van der Waals surface area contributed by atoms with Gasteiger partial charge in [-0.3, -0.25) is 9.59 Å². The number of ketones is 1. The summed E-state index contributed by atoms with van der Waals surface area (Å²) in [7, 11) is 1.38. The predicted octanol–water partition coefficient (Wildman–Crippen LogP) is 3.04. The molecule has 0 fully saturated rings. The summed E-state index contributed by atoms with van der Waals surface area (Å²) >= 11 is 0. The van der Waals surface area contributed by atoms with Crippen LogP contribution in [0.2, 0.25) is 0 Å². The summed E-state index contributed by atoms with van der Waals surface area (Å²) in [5, 5.41) is 9.49. The number of hydrogen-bond donors (Lipinski definition) is 1. The zero-order chi connectivity index (χ0) is 14.7. The van der Waals surface area contributed by atoms with E-state index in [9.17, 15) is 14.0 Å². The van der Waals surface area contributed by atoms with Crippen LogP contribution in [0.3, 0.4) is 0 Å². The Morgan fingerprint density at radius 3 is 2.60 bits per heavy atom. The molecule has 104 valence electrons. The molecule has 0 atom stereocenters. The van der Waals surface area contributed by atoms with Gasteiger partial charge in [-0.2, -0.15) is 0 Å². The first-order chi connectivity index (χ1) is 9.52. The van der Waals surface area contributed by atoms with Crippen molar-refractivity contribution >= 4 is 22.5 Å². The number of carbonyl (C=O) groups is 2. The van der Waals surface area contributed by atoms with Crippen LogP contribution in [0.25, 0.3) is 10.8 Å². The quantitative estimate of drug-likeness (QED) is 0.852. The van der Waals surface area contributed by atoms with Crippen LogP contribution in [0.15, 0.2) is 30.3 Å². The molecule has 2 aromatic rings. The number of aliphatic carboxylic acids is 1. The van der Waals surface area contributed by atoms with Gasteiger partial charge in [0.2, 0.25) is 0 Å². The van der Waals surface area contributed by atoms with E-state index in [1.807, 2.05) is 0 Å². The van der Waals surface area contributed by atoms with Crippen LogP contribution < -0.4 is 4.74 Å². The molecule has 0 aromatic heterocycles. The molecule has 2 rings (SSSR count). The first-order valence-corrected chi connectivity index (χ1v) is 6.04. The highest BCUT2D eigenvalue weighted by Crippen LogP contribution is 2.27. The molecule has 0 aliphatic carbocycles. The molecule has 1 N–H and O–H groups in total. The van der Waals surface area contributed by atoms with Gasteiger partial charge in [0.25, 0.3) is 0 Å². The van der Waals surface area contributed by atoms with E-state index >= 15 is 0 Å². The van der Waals surface area contributed by atoms with Gasteiger partial charge in [0.1, 0.15) is 0 Å². The van der Waals surface area contributed by atoms with Gasteiger partial charge in [0.15, 0.2) is 17.3 Å². The van der Waals surface area contributed by atoms with E-state index in [-0.39, 0.29) is 24.4 Å². The van der Waals surface area contributed by atoms with Crippen LogP contribution in [0.1, 0.15) is 23.2 Å². The lowest BCUT2D eigenvalue weighted by Crippen LogP contribution is -2.03. The van der Waals surface area contributed by atoms with Crippen molar-refractivity contribution in [3.8, 4) is 5.75 Å². The van der Waals surface area contributed by atoms with Crippen LogP contribution in [0.4, 0.5) is 4.39 Å². The Balaban J connectivity index is 2.35. The average Bonchev–Trinajstić information content (AvgIpc) is 2.44. The second-order valence-corrected chi connectivity index (χ2v) is 4.33. The highest BCUT2D eigenvalue weighted by Gasteiger charge is 2.12. The molecule has 0 aliphatic rings. The maximum absolute atomic E-state index is 14.0. The van der Waals surface area contributed by atoms with E-state index in [1.165, 1.54) is 25.3 Å². The molecule has 4 nitrogen and oxygen atoms in total. The minimum absolute atomic E-state index is 0.0700. The Hall–Kier alpha value is -2.43. The molecule has 0 unspecified atom stereocenters. The number of methoxy groups -OCH3 is 1. The van der Waals surface area contributed by atoms with E-state index in [1.54, 1.807) is 12.1 Å². The van der Waals surface area contributed by atoms with Crippen LogP contribution in [0, 0.1) is 5.82 Å². The molecule has 0 saturated carbocycles. The molecule has 0 bridgehead atoms. The van der Waals surface area contributed by atoms with Gasteiger partial charge in [-0.15, -0.1) is 0 Å². The van der Waals surface area contributed by atoms with Crippen molar-refractivity contribution in [2.75, 3.05) is 7.11 Å². The Bertz CT molecular complexity index is 679. The van der Waals surface area contributed by atoms with Gasteiger partial charge in [0.05, 0.1) is 13.5 Å². The number of benzene rings is 2. The molecular weight excluding hydrogens is 263 g/mol. The molecule has 5 heteroatoms. The molecule has 0 radical (unpaired) electrons. The number of ether oxygens (including phenoxy) is 1. The number of rotatable bonds is 5. The lowest BCUT2D eigenvalue weighted by Gasteiger charge is -2.07. The SMILES string of the molecule is COc1ccc2cc(C(=O)CCC(=O)O)ccc2c1F. The lowest BCUT2D eigenvalue weighted by atomic mass is 10.0. The van der Waals surface area contributed by atoms with E-state index < -0.39 is 11.8 Å². The highest BCUT2D eigenvalue weighted by atomic mass is 19.1. The van der Waals surface area contributed by atoms with Crippen LogP contribution in [-0.4, -0.2) is 24.0 Å². The fraction of sp³-hybridized carbons (Fsp3) is 0.200. The third kappa shape index (κ3) is 2.77. The van der Waals surface area contributed by atoms with Gasteiger partial charge < -0.3 is 9.84 Å². The minimum Gasteiger partial charge on any atom is -0.494 e. The third-order valence-electron chi connectivity index (χ3n) is 3.03. The monoisotopic (exact) mass is 276 g/mol. The Morgan fingerprint density at radius 1 is 1.20 bits per heavy atom. The molecule has 2 aromatic carbocycles. The first-order valence-electron chi connectivity index (χ1n) is 6.04. The van der Waals surface area contributed by atoms with E-state index in [2.05, 4.69) is 0 Å². The smallest absolute Gasteiger partial charge is 0.303 e. The third-order valence-corrected chi connectivity index (χ3v) is 3.03. The molecule has 0 amide bonds. The van der Waals surface area contributed by atoms with E-state index in [4.69, 9.17) is 9.84 Å². The van der Waals surface area contributed by atoms with Gasteiger partial charge in [-0.25, -0.2) is 4.39 Å². The summed E-state index contributed by atoms with van der Waals surface area (Å²) in [5.74, 6) is -1.63. The highest BCUT2D eigenvalue weighted by molar-refractivity contribution is 6.01. The standard InChI is InChI=1S/C15H13FO4/c1-20-13-6-3-9-8-10(2-4-11(9)15(13)16)12(17)5-7-14(18)19/h2-4,6,8H,5,7H2,1H3,(H,18,19). The maximum Gasteiger partial charge on any atom is 0.303 e. The summed E-state index contributed by atoms with van der Waals surface area (Å²) in [6.07, 6.45) is -0.284. The summed E-state index contributed by atoms with van der Waals surface area (Å²) in [4.78, 5) is 22.3. The van der Waals surface area contributed by atoms with E-state index in [0.717, 1.165) is 0 Å². The van der Waals surface area contributed by atoms with Crippen molar-refractivity contribution in [3.05, 3.63) is 41.7 Å². The summed E-state index contributed by atoms with van der Waals surface area (Å²) in [5.41, 5.74) is 0.378. The summed E-state index contributed by atoms with van der Waals surface area (Å²) in [6.45, 7) is 0. The number of Topliss-reactive ketones (excluding diaryl/α,β-unsaturated/α-hetero) is 1. The fourth-order valence-electron chi connectivity index (χ4n) is 1.97. The number of hydrogen-bond acceptors (Lipinski definition) is 3. The van der Waals surface area contributed by atoms with Crippen LogP contribution in [-0.2, 0) is 4.79 Å². The van der Waals surface area contributed by atoms with Gasteiger partial charge in [-0.05, 0) is 17.5 Å². The lowest BCUT2D eigenvalue weighted by molar-refractivity contribution is -0.136. The van der Waals surface area contributed by atoms with Crippen molar-refractivity contribution in [2.24, 2.45) is 0 Å². The number of carboxylic acid groups (broad SMARTS) is 1. The second kappa shape index (κ2) is 5.69. The number of halogens is 1. The minimum atomic E-state index is -1.02. The number of fused-ring (bicyclic) bond motifs is 1. The molecule has 0 heterocycles. The van der Waals surface area contributed by atoms with Gasteiger partial charge in [-0.1, -0.05) is 18.2 Å². The molecular formula is C15H13FO4. The number of carboxylic acids is 1. The average molecular weight is 276 g/mol. The normalized spacial score (nSPS) is 10.5. The number of carbonyl (C=O) groups excluding carboxylic acids is 1. The van der Waals surface area contributed by atoms with Gasteiger partial charge in [0, 0.05) is 17.4 Å². The Labute approximate surface area is 114 Å². The summed E-state index contributed by atoms with van der Waals surface area (Å²) in [6, 6.07) is 7.70. The fourth-order valence-corrected chi connectivity index (χ4v) is 1.97. The maximum atomic E-state index is 14.0. The van der Waals surface area contributed by atoms with Crippen molar-refractivity contribution in [1.29, 1.82) is 0 Å². The zero-order valence-corrected chi connectivity index (χ0v) is 10.9. The van der Waals surface area contributed by atoms with Gasteiger partial charge >= 0.3 is 5.97 Å². The molecule has 0 spiro atoms. The Morgan fingerprint density at radius 2 is 1.95 bits per heavy atom. The molecule has 0 saturated heterocycles. The Kier molecular flexibility index (Phi) is 3.98. The second-order valence-electron chi connectivity index (χ2n) is 4.33. The topological polar surface area (TPSA) is 63.6 Å². The van der Waals surface area contributed by atoms with Crippen molar-refractivity contribution in [1.82, 2.24) is 0 Å². The first kappa shape index (κ1) is 14.0.